The fraction of sp³-hybridized carbons (Fsp3) is 0.538. The summed E-state index contributed by atoms with van der Waals surface area (Å²) in [6.45, 7) is 0.319. The summed E-state index contributed by atoms with van der Waals surface area (Å²) in [6.07, 6.45) is -1.02. The average molecular weight is 258 g/mol. The van der Waals surface area contributed by atoms with E-state index in [1.54, 1.807) is 0 Å². The Morgan fingerprint density at radius 2 is 2.00 bits per heavy atom. The van der Waals surface area contributed by atoms with E-state index in [4.69, 9.17) is 5.73 Å². The van der Waals surface area contributed by atoms with Crippen molar-refractivity contribution < 1.29 is 13.2 Å². The molecule has 100 valence electrons. The molecular formula is C13H17F3N2. The smallest absolute Gasteiger partial charge is 0.399 e. The van der Waals surface area contributed by atoms with Crippen molar-refractivity contribution >= 4 is 5.69 Å². The minimum atomic E-state index is -4.34. The number of nitrogen functional groups attached to an aromatic ring is 1. The minimum Gasteiger partial charge on any atom is -0.399 e. The highest BCUT2D eigenvalue weighted by Crippen LogP contribution is 2.34. The Bertz CT molecular complexity index is 425. The third-order valence-electron chi connectivity index (χ3n) is 3.56. The number of halogens is 3. The van der Waals surface area contributed by atoms with Crippen LogP contribution in [0.1, 0.15) is 30.4 Å². The molecule has 1 aliphatic rings. The van der Waals surface area contributed by atoms with Gasteiger partial charge in [0.05, 0.1) is 5.56 Å². The van der Waals surface area contributed by atoms with E-state index in [0.29, 0.717) is 18.2 Å². The van der Waals surface area contributed by atoms with Crippen LogP contribution >= 0.6 is 0 Å². The molecule has 18 heavy (non-hydrogen) atoms. The molecule has 2 N–H and O–H groups in total. The van der Waals surface area contributed by atoms with Gasteiger partial charge in [0.2, 0.25) is 0 Å². The van der Waals surface area contributed by atoms with E-state index in [1.165, 1.54) is 18.6 Å². The van der Waals surface area contributed by atoms with Gasteiger partial charge in [-0.25, -0.2) is 0 Å². The summed E-state index contributed by atoms with van der Waals surface area (Å²) in [4.78, 5) is 1.99. The number of rotatable bonds is 3. The van der Waals surface area contributed by atoms with E-state index in [0.717, 1.165) is 18.9 Å². The summed E-state index contributed by atoms with van der Waals surface area (Å²) in [5.41, 5.74) is 5.27. The number of anilines is 1. The van der Waals surface area contributed by atoms with Gasteiger partial charge in [-0.15, -0.1) is 0 Å². The van der Waals surface area contributed by atoms with Crippen LogP contribution in [0.4, 0.5) is 18.9 Å². The van der Waals surface area contributed by atoms with Crippen LogP contribution in [-0.2, 0) is 12.7 Å². The summed E-state index contributed by atoms with van der Waals surface area (Å²) in [6, 6.07) is 4.44. The molecule has 0 radical (unpaired) electrons. The van der Waals surface area contributed by atoms with Crippen molar-refractivity contribution in [1.82, 2.24) is 4.90 Å². The zero-order valence-electron chi connectivity index (χ0n) is 10.3. The van der Waals surface area contributed by atoms with Crippen LogP contribution in [0.25, 0.3) is 0 Å². The molecule has 5 heteroatoms. The Hall–Kier alpha value is -1.23. The molecule has 0 unspecified atom stereocenters. The molecule has 1 aromatic rings. The van der Waals surface area contributed by atoms with Gasteiger partial charge in [-0.05, 0) is 37.6 Å². The van der Waals surface area contributed by atoms with Crippen LogP contribution in [0.3, 0.4) is 0 Å². The lowest BCUT2D eigenvalue weighted by Crippen LogP contribution is -2.37. The van der Waals surface area contributed by atoms with Gasteiger partial charge in [-0.3, -0.25) is 4.90 Å². The van der Waals surface area contributed by atoms with Gasteiger partial charge in [0.15, 0.2) is 0 Å². The van der Waals surface area contributed by atoms with Crippen molar-refractivity contribution in [1.29, 1.82) is 0 Å². The first-order valence-corrected chi connectivity index (χ1v) is 6.04. The second-order valence-corrected chi connectivity index (χ2v) is 4.91. The predicted octanol–water partition coefficient (Wildman–Crippen LogP) is 3.27. The maximum absolute atomic E-state index is 12.9. The molecule has 0 atom stereocenters. The standard InChI is InChI=1S/C13H17F3N2/c1-18(11-3-2-4-11)8-9-5-6-10(17)7-12(9)13(14,15)16/h5-7,11H,2-4,8,17H2,1H3. The van der Waals surface area contributed by atoms with Gasteiger partial charge in [0, 0.05) is 18.3 Å². The molecule has 0 saturated heterocycles. The number of benzene rings is 1. The van der Waals surface area contributed by atoms with Gasteiger partial charge in [-0.1, -0.05) is 12.5 Å². The van der Waals surface area contributed by atoms with Crippen LogP contribution < -0.4 is 5.73 Å². The molecule has 1 fully saturated rings. The number of alkyl halides is 3. The highest BCUT2D eigenvalue weighted by Gasteiger charge is 2.34. The van der Waals surface area contributed by atoms with Crippen LogP contribution in [0.5, 0.6) is 0 Å². The minimum absolute atomic E-state index is 0.150. The summed E-state index contributed by atoms with van der Waals surface area (Å²) in [5, 5.41) is 0. The Labute approximate surface area is 105 Å². The molecule has 0 heterocycles. The Morgan fingerprint density at radius 3 is 2.50 bits per heavy atom. The van der Waals surface area contributed by atoms with Crippen molar-refractivity contribution in [3.8, 4) is 0 Å². The van der Waals surface area contributed by atoms with Gasteiger partial charge in [0.1, 0.15) is 0 Å². The highest BCUT2D eigenvalue weighted by atomic mass is 19.4. The molecular weight excluding hydrogens is 241 g/mol. The van der Waals surface area contributed by atoms with Gasteiger partial charge >= 0.3 is 6.18 Å². The van der Waals surface area contributed by atoms with Gasteiger partial charge < -0.3 is 5.73 Å². The molecule has 1 aliphatic carbocycles. The van der Waals surface area contributed by atoms with Crippen LogP contribution in [0, 0.1) is 0 Å². The first-order valence-electron chi connectivity index (χ1n) is 6.04. The number of hydrogen-bond acceptors (Lipinski definition) is 2. The molecule has 1 aromatic carbocycles. The predicted molar refractivity (Wildman–Crippen MR) is 65.0 cm³/mol. The molecule has 2 rings (SSSR count). The maximum Gasteiger partial charge on any atom is 0.416 e. The van der Waals surface area contributed by atoms with E-state index in [2.05, 4.69) is 0 Å². The Balaban J connectivity index is 2.21. The summed E-state index contributed by atoms with van der Waals surface area (Å²) in [7, 11) is 1.88. The Morgan fingerprint density at radius 1 is 1.33 bits per heavy atom. The maximum atomic E-state index is 12.9. The molecule has 0 bridgehead atoms. The zero-order chi connectivity index (χ0) is 13.3. The van der Waals surface area contributed by atoms with Gasteiger partial charge in [0.25, 0.3) is 0 Å². The normalized spacial score (nSPS) is 16.9. The SMILES string of the molecule is CN(Cc1ccc(N)cc1C(F)(F)F)C1CCC1. The molecule has 0 aromatic heterocycles. The van der Waals surface area contributed by atoms with Gasteiger partial charge in [-0.2, -0.15) is 13.2 Å². The van der Waals surface area contributed by atoms with E-state index in [-0.39, 0.29) is 5.69 Å². The van der Waals surface area contributed by atoms with E-state index in [9.17, 15) is 13.2 Å². The van der Waals surface area contributed by atoms with Crippen molar-refractivity contribution in [2.45, 2.75) is 38.0 Å². The number of nitrogens with zero attached hydrogens (tertiary/aromatic N) is 1. The molecule has 0 amide bonds. The first kappa shape index (κ1) is 13.2. The van der Waals surface area contributed by atoms with E-state index >= 15 is 0 Å². The highest BCUT2D eigenvalue weighted by molar-refractivity contribution is 5.46. The molecule has 2 nitrogen and oxygen atoms in total. The molecule has 1 saturated carbocycles. The monoisotopic (exact) mass is 258 g/mol. The van der Waals surface area contributed by atoms with Crippen molar-refractivity contribution in [2.24, 2.45) is 0 Å². The third-order valence-corrected chi connectivity index (χ3v) is 3.56. The molecule has 0 spiro atoms. The van der Waals surface area contributed by atoms with Crippen molar-refractivity contribution in [2.75, 3.05) is 12.8 Å². The number of nitrogens with two attached hydrogens (primary N) is 1. The van der Waals surface area contributed by atoms with Crippen molar-refractivity contribution in [3.05, 3.63) is 29.3 Å². The average Bonchev–Trinajstić information content (AvgIpc) is 2.16. The molecule has 0 aliphatic heterocycles. The zero-order valence-corrected chi connectivity index (χ0v) is 10.3. The van der Waals surface area contributed by atoms with E-state index < -0.39 is 11.7 Å². The van der Waals surface area contributed by atoms with Crippen LogP contribution in [0.15, 0.2) is 18.2 Å². The summed E-state index contributed by atoms with van der Waals surface area (Å²) >= 11 is 0. The van der Waals surface area contributed by atoms with Crippen LogP contribution in [0.2, 0.25) is 0 Å². The summed E-state index contributed by atoms with van der Waals surface area (Å²) < 4.78 is 38.7. The lowest BCUT2D eigenvalue weighted by atomic mass is 9.91. The second kappa shape index (κ2) is 4.80. The quantitative estimate of drug-likeness (QED) is 0.843. The topological polar surface area (TPSA) is 29.3 Å². The lowest BCUT2D eigenvalue weighted by Gasteiger charge is -2.35. The number of hydrogen-bond donors (Lipinski definition) is 1. The lowest BCUT2D eigenvalue weighted by molar-refractivity contribution is -0.138. The fourth-order valence-electron chi connectivity index (χ4n) is 2.22. The first-order chi connectivity index (χ1) is 8.38. The summed E-state index contributed by atoms with van der Waals surface area (Å²) in [5.74, 6) is 0. The third kappa shape index (κ3) is 2.77. The second-order valence-electron chi connectivity index (χ2n) is 4.91. The van der Waals surface area contributed by atoms with E-state index in [1.807, 2.05) is 11.9 Å². The largest absolute Gasteiger partial charge is 0.416 e. The fourth-order valence-corrected chi connectivity index (χ4v) is 2.22. The Kier molecular flexibility index (Phi) is 3.52. The van der Waals surface area contributed by atoms with Crippen molar-refractivity contribution in [3.63, 3.8) is 0 Å². The van der Waals surface area contributed by atoms with Crippen LogP contribution in [-0.4, -0.2) is 18.0 Å².